The Kier molecular flexibility index (Phi) is 1.41. The number of benzene rings is 1. The van der Waals surface area contributed by atoms with Crippen LogP contribution in [-0.2, 0) is 0 Å². The molecule has 0 aliphatic heterocycles. The van der Waals surface area contributed by atoms with Crippen LogP contribution in [0.2, 0.25) is 5.15 Å². The number of nitrogens with zero attached hydrogens (tertiary/aromatic N) is 2. The maximum absolute atomic E-state index is 6.02. The monoisotopic (exact) mass is 192 g/mol. The molecule has 1 aliphatic carbocycles. The van der Waals surface area contributed by atoms with Gasteiger partial charge in [0.25, 0.3) is 0 Å². The molecule has 2 aromatic rings. The molecular weight excluding hydrogens is 184 g/mol. The highest BCUT2D eigenvalue weighted by molar-refractivity contribution is 6.34. The molecule has 0 atom stereocenters. The zero-order valence-corrected chi connectivity index (χ0v) is 7.83. The van der Waals surface area contributed by atoms with Crippen molar-refractivity contribution in [2.45, 2.75) is 18.9 Å². The molecule has 0 N–H and O–H groups in total. The van der Waals surface area contributed by atoms with Crippen molar-refractivity contribution in [1.29, 1.82) is 0 Å². The van der Waals surface area contributed by atoms with Crippen molar-refractivity contribution in [3.05, 3.63) is 29.4 Å². The molecule has 1 fully saturated rings. The summed E-state index contributed by atoms with van der Waals surface area (Å²) in [5, 5.41) is 6.03. The third kappa shape index (κ3) is 1.05. The van der Waals surface area contributed by atoms with Gasteiger partial charge in [0.15, 0.2) is 5.15 Å². The number of fused-ring (bicyclic) bond motifs is 1. The van der Waals surface area contributed by atoms with Gasteiger partial charge in [0.2, 0.25) is 0 Å². The van der Waals surface area contributed by atoms with Gasteiger partial charge in [0.05, 0.1) is 11.6 Å². The number of rotatable bonds is 1. The summed E-state index contributed by atoms with van der Waals surface area (Å²) in [7, 11) is 0. The summed E-state index contributed by atoms with van der Waals surface area (Å²) in [4.78, 5) is 0. The molecule has 0 bridgehead atoms. The molecule has 1 heterocycles. The largest absolute Gasteiger partial charge is 0.260 e. The minimum atomic E-state index is 0.595. The van der Waals surface area contributed by atoms with Gasteiger partial charge >= 0.3 is 0 Å². The van der Waals surface area contributed by atoms with Crippen LogP contribution < -0.4 is 0 Å². The molecular formula is C10H9ClN2. The second kappa shape index (κ2) is 2.48. The van der Waals surface area contributed by atoms with E-state index >= 15 is 0 Å². The van der Waals surface area contributed by atoms with Crippen LogP contribution in [0.5, 0.6) is 0 Å². The summed E-state index contributed by atoms with van der Waals surface area (Å²) in [6.07, 6.45) is 2.48. The van der Waals surface area contributed by atoms with Crippen molar-refractivity contribution in [1.82, 2.24) is 9.78 Å². The fourth-order valence-electron chi connectivity index (χ4n) is 1.65. The van der Waals surface area contributed by atoms with Gasteiger partial charge in [-0.3, -0.25) is 4.68 Å². The van der Waals surface area contributed by atoms with Crippen LogP contribution in [0.4, 0.5) is 0 Å². The van der Waals surface area contributed by atoms with E-state index in [1.807, 2.05) is 18.2 Å². The van der Waals surface area contributed by atoms with Crippen LogP contribution in [0.3, 0.4) is 0 Å². The summed E-state index contributed by atoms with van der Waals surface area (Å²) in [5.74, 6) is 0. The van der Waals surface area contributed by atoms with E-state index in [0.717, 1.165) is 10.9 Å². The average molecular weight is 193 g/mol. The Hall–Kier alpha value is -1.02. The van der Waals surface area contributed by atoms with Crippen molar-refractivity contribution in [3.8, 4) is 0 Å². The van der Waals surface area contributed by atoms with Gasteiger partial charge in [0, 0.05) is 5.39 Å². The number of aromatic nitrogens is 2. The summed E-state index contributed by atoms with van der Waals surface area (Å²) < 4.78 is 2.05. The molecule has 3 heteroatoms. The first-order chi connectivity index (χ1) is 6.36. The Labute approximate surface area is 81.1 Å². The summed E-state index contributed by atoms with van der Waals surface area (Å²) in [6.45, 7) is 0. The lowest BCUT2D eigenvalue weighted by molar-refractivity contribution is 0.666. The van der Waals surface area contributed by atoms with Gasteiger partial charge in [-0.15, -0.1) is 0 Å². The number of hydrogen-bond acceptors (Lipinski definition) is 1. The first-order valence-corrected chi connectivity index (χ1v) is 4.87. The van der Waals surface area contributed by atoms with Gasteiger partial charge in [-0.1, -0.05) is 23.7 Å². The molecule has 13 heavy (non-hydrogen) atoms. The van der Waals surface area contributed by atoms with Gasteiger partial charge in [-0.25, -0.2) is 0 Å². The van der Waals surface area contributed by atoms with Crippen LogP contribution in [0, 0.1) is 0 Å². The van der Waals surface area contributed by atoms with Crippen molar-refractivity contribution in [2.24, 2.45) is 0 Å². The predicted molar refractivity (Wildman–Crippen MR) is 53.0 cm³/mol. The zero-order chi connectivity index (χ0) is 8.84. The maximum Gasteiger partial charge on any atom is 0.158 e. The molecule has 0 saturated heterocycles. The lowest BCUT2D eigenvalue weighted by Crippen LogP contribution is -1.94. The lowest BCUT2D eigenvalue weighted by atomic mass is 10.2. The molecule has 1 aliphatic rings. The van der Waals surface area contributed by atoms with E-state index in [-0.39, 0.29) is 0 Å². The highest BCUT2D eigenvalue weighted by atomic mass is 35.5. The van der Waals surface area contributed by atoms with Crippen LogP contribution >= 0.6 is 11.6 Å². The van der Waals surface area contributed by atoms with E-state index in [1.165, 1.54) is 12.8 Å². The van der Waals surface area contributed by atoms with Crippen molar-refractivity contribution in [2.75, 3.05) is 0 Å². The maximum atomic E-state index is 6.02. The smallest absolute Gasteiger partial charge is 0.158 e. The van der Waals surface area contributed by atoms with Crippen LogP contribution in [0.15, 0.2) is 24.3 Å². The first-order valence-electron chi connectivity index (χ1n) is 4.49. The van der Waals surface area contributed by atoms with Crippen LogP contribution in [-0.4, -0.2) is 9.78 Å². The molecule has 1 aromatic heterocycles. The minimum Gasteiger partial charge on any atom is -0.260 e. The Morgan fingerprint density at radius 1 is 1.31 bits per heavy atom. The molecule has 66 valence electrons. The summed E-state index contributed by atoms with van der Waals surface area (Å²) in [6, 6.07) is 8.71. The zero-order valence-electron chi connectivity index (χ0n) is 7.07. The summed E-state index contributed by atoms with van der Waals surface area (Å²) >= 11 is 6.02. The standard InChI is InChI=1S/C10H9ClN2/c11-10-8-3-1-2-4-9(8)13(12-10)7-5-6-7/h1-4,7H,5-6H2. The third-order valence-electron chi connectivity index (χ3n) is 2.46. The lowest BCUT2D eigenvalue weighted by Gasteiger charge is -1.97. The molecule has 3 rings (SSSR count). The van der Waals surface area contributed by atoms with E-state index in [1.54, 1.807) is 0 Å². The Morgan fingerprint density at radius 3 is 2.85 bits per heavy atom. The van der Waals surface area contributed by atoms with Crippen LogP contribution in [0.25, 0.3) is 10.9 Å². The quantitative estimate of drug-likeness (QED) is 0.679. The minimum absolute atomic E-state index is 0.595. The van der Waals surface area contributed by atoms with Gasteiger partial charge < -0.3 is 0 Å². The van der Waals surface area contributed by atoms with Gasteiger partial charge in [-0.2, -0.15) is 5.10 Å². The van der Waals surface area contributed by atoms with E-state index in [9.17, 15) is 0 Å². The van der Waals surface area contributed by atoms with Crippen molar-refractivity contribution < 1.29 is 0 Å². The van der Waals surface area contributed by atoms with E-state index in [2.05, 4.69) is 15.8 Å². The molecule has 0 radical (unpaired) electrons. The molecule has 0 spiro atoms. The highest BCUT2D eigenvalue weighted by Crippen LogP contribution is 2.38. The number of para-hydroxylation sites is 1. The molecule has 2 nitrogen and oxygen atoms in total. The summed E-state index contributed by atoms with van der Waals surface area (Å²) in [5.41, 5.74) is 1.16. The third-order valence-corrected chi connectivity index (χ3v) is 2.74. The fraction of sp³-hybridized carbons (Fsp3) is 0.300. The Balaban J connectivity index is 2.34. The molecule has 0 unspecified atom stereocenters. The first kappa shape index (κ1) is 7.39. The predicted octanol–water partition coefficient (Wildman–Crippen LogP) is 3.02. The van der Waals surface area contributed by atoms with Crippen molar-refractivity contribution in [3.63, 3.8) is 0 Å². The SMILES string of the molecule is Clc1nn(C2CC2)c2ccccc12. The van der Waals surface area contributed by atoms with E-state index in [0.29, 0.717) is 11.2 Å². The second-order valence-corrected chi connectivity index (χ2v) is 3.84. The molecule has 0 amide bonds. The topological polar surface area (TPSA) is 17.8 Å². The van der Waals surface area contributed by atoms with Gasteiger partial charge in [0.1, 0.15) is 0 Å². The van der Waals surface area contributed by atoms with E-state index < -0.39 is 0 Å². The average Bonchev–Trinajstić information content (AvgIpc) is 2.94. The van der Waals surface area contributed by atoms with Gasteiger partial charge in [-0.05, 0) is 25.0 Å². The van der Waals surface area contributed by atoms with Crippen LogP contribution in [0.1, 0.15) is 18.9 Å². The van der Waals surface area contributed by atoms with Crippen molar-refractivity contribution >= 4 is 22.5 Å². The number of hydrogen-bond donors (Lipinski definition) is 0. The van der Waals surface area contributed by atoms with E-state index in [4.69, 9.17) is 11.6 Å². The normalized spacial score (nSPS) is 16.7. The fourth-order valence-corrected chi connectivity index (χ4v) is 1.89. The Bertz CT molecular complexity index is 457. The number of halogens is 1. The molecule has 1 aromatic carbocycles. The molecule has 1 saturated carbocycles. The Morgan fingerprint density at radius 2 is 2.08 bits per heavy atom. The second-order valence-electron chi connectivity index (χ2n) is 3.48. The highest BCUT2D eigenvalue weighted by Gasteiger charge is 2.26.